The molecule has 0 atom stereocenters. The summed E-state index contributed by atoms with van der Waals surface area (Å²) in [5.74, 6) is 0.934. The molecular formula is C19H30N2O3. The van der Waals surface area contributed by atoms with E-state index in [1.165, 1.54) is 0 Å². The van der Waals surface area contributed by atoms with E-state index in [-0.39, 0.29) is 5.91 Å². The van der Waals surface area contributed by atoms with Crippen LogP contribution in [0, 0.1) is 0 Å². The van der Waals surface area contributed by atoms with E-state index >= 15 is 0 Å². The minimum absolute atomic E-state index is 0.0802. The standard InChI is InChI=1S/C19H30N2O3/c1-2-3-14-24-18-9-7-17(8-10-18)20-19(22)6-4-5-11-21-12-15-23-16-13-21/h7-10H,2-6,11-16H2,1H3,(H,20,22). The number of nitrogens with zero attached hydrogens (tertiary/aromatic N) is 1. The van der Waals surface area contributed by atoms with Crippen molar-refractivity contribution in [3.05, 3.63) is 24.3 Å². The molecule has 1 aliphatic heterocycles. The molecule has 2 rings (SSSR count). The third-order valence-electron chi connectivity index (χ3n) is 4.14. The van der Waals surface area contributed by atoms with Gasteiger partial charge < -0.3 is 14.8 Å². The minimum Gasteiger partial charge on any atom is -0.494 e. The van der Waals surface area contributed by atoms with Crippen LogP contribution in [-0.2, 0) is 9.53 Å². The van der Waals surface area contributed by atoms with Crippen molar-refractivity contribution < 1.29 is 14.3 Å². The Morgan fingerprint density at radius 3 is 2.62 bits per heavy atom. The van der Waals surface area contributed by atoms with Crippen molar-refractivity contribution in [2.24, 2.45) is 0 Å². The molecule has 1 aromatic rings. The van der Waals surface area contributed by atoms with E-state index < -0.39 is 0 Å². The van der Waals surface area contributed by atoms with Gasteiger partial charge in [-0.1, -0.05) is 13.3 Å². The SMILES string of the molecule is CCCCOc1ccc(NC(=O)CCCCN2CCOCC2)cc1. The molecule has 1 N–H and O–H groups in total. The average Bonchev–Trinajstić information content (AvgIpc) is 2.61. The summed E-state index contributed by atoms with van der Waals surface area (Å²) in [7, 11) is 0. The normalized spacial score (nSPS) is 15.2. The maximum Gasteiger partial charge on any atom is 0.224 e. The fraction of sp³-hybridized carbons (Fsp3) is 0.632. The van der Waals surface area contributed by atoms with Crippen molar-refractivity contribution >= 4 is 11.6 Å². The van der Waals surface area contributed by atoms with E-state index in [0.717, 1.165) is 76.6 Å². The first-order valence-corrected chi connectivity index (χ1v) is 9.10. The molecule has 5 nitrogen and oxygen atoms in total. The number of carbonyl (C=O) groups is 1. The van der Waals surface area contributed by atoms with E-state index in [0.29, 0.717) is 6.42 Å². The lowest BCUT2D eigenvalue weighted by atomic mass is 10.2. The molecule has 0 aromatic heterocycles. The van der Waals surface area contributed by atoms with Crippen LogP contribution in [0.1, 0.15) is 39.0 Å². The van der Waals surface area contributed by atoms with Crippen molar-refractivity contribution in [2.75, 3.05) is 44.8 Å². The maximum atomic E-state index is 12.0. The van der Waals surface area contributed by atoms with Crippen LogP contribution < -0.4 is 10.1 Å². The van der Waals surface area contributed by atoms with E-state index in [2.05, 4.69) is 17.1 Å². The van der Waals surface area contributed by atoms with Crippen LogP contribution in [0.25, 0.3) is 0 Å². The predicted molar refractivity (Wildman–Crippen MR) is 96.6 cm³/mol. The molecule has 24 heavy (non-hydrogen) atoms. The molecule has 0 radical (unpaired) electrons. The fourth-order valence-corrected chi connectivity index (χ4v) is 2.64. The van der Waals surface area contributed by atoms with Gasteiger partial charge >= 0.3 is 0 Å². The fourth-order valence-electron chi connectivity index (χ4n) is 2.64. The molecule has 1 saturated heterocycles. The van der Waals surface area contributed by atoms with Crippen LogP contribution in [0.5, 0.6) is 5.75 Å². The Balaban J connectivity index is 1.59. The largest absolute Gasteiger partial charge is 0.494 e. The van der Waals surface area contributed by atoms with Gasteiger partial charge in [-0.2, -0.15) is 0 Å². The van der Waals surface area contributed by atoms with Gasteiger partial charge in [-0.05, 0) is 50.1 Å². The van der Waals surface area contributed by atoms with Crippen LogP contribution >= 0.6 is 0 Å². The highest BCUT2D eigenvalue weighted by atomic mass is 16.5. The first kappa shape index (κ1) is 18.7. The third kappa shape index (κ3) is 7.32. The van der Waals surface area contributed by atoms with Crippen molar-refractivity contribution in [1.29, 1.82) is 0 Å². The van der Waals surface area contributed by atoms with Gasteiger partial charge in [0.2, 0.25) is 5.91 Å². The van der Waals surface area contributed by atoms with Crippen molar-refractivity contribution in [3.63, 3.8) is 0 Å². The monoisotopic (exact) mass is 334 g/mol. The summed E-state index contributed by atoms with van der Waals surface area (Å²) >= 11 is 0. The summed E-state index contributed by atoms with van der Waals surface area (Å²) in [4.78, 5) is 14.4. The highest BCUT2D eigenvalue weighted by molar-refractivity contribution is 5.90. The number of rotatable bonds is 10. The van der Waals surface area contributed by atoms with Crippen LogP contribution in [-0.4, -0.2) is 50.3 Å². The Bertz CT molecular complexity index is 470. The first-order valence-electron chi connectivity index (χ1n) is 9.10. The molecule has 1 heterocycles. The number of nitrogens with one attached hydrogen (secondary N) is 1. The molecule has 0 bridgehead atoms. The molecule has 0 unspecified atom stereocenters. The highest BCUT2D eigenvalue weighted by Crippen LogP contribution is 2.16. The second-order valence-corrected chi connectivity index (χ2v) is 6.19. The molecule has 1 aliphatic rings. The molecule has 134 valence electrons. The Hall–Kier alpha value is -1.59. The summed E-state index contributed by atoms with van der Waals surface area (Å²) in [5, 5.41) is 2.95. The van der Waals surface area contributed by atoms with Crippen molar-refractivity contribution in [1.82, 2.24) is 4.90 Å². The average molecular weight is 334 g/mol. The first-order chi connectivity index (χ1) is 11.8. The Kier molecular flexibility index (Phi) is 8.63. The summed E-state index contributed by atoms with van der Waals surface area (Å²) in [5.41, 5.74) is 0.830. The van der Waals surface area contributed by atoms with E-state index in [4.69, 9.17) is 9.47 Å². The molecular weight excluding hydrogens is 304 g/mol. The molecule has 1 amide bonds. The smallest absolute Gasteiger partial charge is 0.224 e. The van der Waals surface area contributed by atoms with Crippen LogP contribution in [0.3, 0.4) is 0 Å². The van der Waals surface area contributed by atoms with Gasteiger partial charge in [0.25, 0.3) is 0 Å². The van der Waals surface area contributed by atoms with Gasteiger partial charge in [0, 0.05) is 25.2 Å². The van der Waals surface area contributed by atoms with Crippen LogP contribution in [0.2, 0.25) is 0 Å². The number of carbonyl (C=O) groups excluding carboxylic acids is 1. The predicted octanol–water partition coefficient (Wildman–Crippen LogP) is 3.31. The number of hydrogen-bond donors (Lipinski definition) is 1. The van der Waals surface area contributed by atoms with Gasteiger partial charge in [0.05, 0.1) is 19.8 Å². The van der Waals surface area contributed by atoms with Crippen molar-refractivity contribution in [3.8, 4) is 5.75 Å². The number of hydrogen-bond acceptors (Lipinski definition) is 4. The number of unbranched alkanes of at least 4 members (excludes halogenated alkanes) is 2. The zero-order valence-corrected chi connectivity index (χ0v) is 14.8. The second-order valence-electron chi connectivity index (χ2n) is 6.19. The quantitative estimate of drug-likeness (QED) is 0.667. The molecule has 0 spiro atoms. The number of anilines is 1. The summed E-state index contributed by atoms with van der Waals surface area (Å²) < 4.78 is 10.9. The van der Waals surface area contributed by atoms with Crippen LogP contribution in [0.4, 0.5) is 5.69 Å². The Labute approximate surface area is 145 Å². The third-order valence-corrected chi connectivity index (χ3v) is 4.14. The van der Waals surface area contributed by atoms with Gasteiger partial charge in [-0.25, -0.2) is 0 Å². The van der Waals surface area contributed by atoms with Crippen LogP contribution in [0.15, 0.2) is 24.3 Å². The lowest BCUT2D eigenvalue weighted by Crippen LogP contribution is -2.36. The molecule has 0 aliphatic carbocycles. The lowest BCUT2D eigenvalue weighted by molar-refractivity contribution is -0.116. The zero-order chi connectivity index (χ0) is 17.0. The number of morpholine rings is 1. The topological polar surface area (TPSA) is 50.8 Å². The maximum absolute atomic E-state index is 12.0. The van der Waals surface area contributed by atoms with Gasteiger partial charge in [0.15, 0.2) is 0 Å². The zero-order valence-electron chi connectivity index (χ0n) is 14.8. The molecule has 5 heteroatoms. The minimum atomic E-state index is 0.0802. The Morgan fingerprint density at radius 1 is 1.17 bits per heavy atom. The summed E-state index contributed by atoms with van der Waals surface area (Å²) in [6.45, 7) is 7.63. The number of ether oxygens (including phenoxy) is 2. The lowest BCUT2D eigenvalue weighted by Gasteiger charge is -2.26. The van der Waals surface area contributed by atoms with Gasteiger partial charge in [-0.3, -0.25) is 9.69 Å². The molecule has 1 aromatic carbocycles. The summed E-state index contributed by atoms with van der Waals surface area (Å²) in [6.07, 6.45) is 4.72. The van der Waals surface area contributed by atoms with Gasteiger partial charge in [-0.15, -0.1) is 0 Å². The van der Waals surface area contributed by atoms with Gasteiger partial charge in [0.1, 0.15) is 5.75 Å². The highest BCUT2D eigenvalue weighted by Gasteiger charge is 2.10. The van der Waals surface area contributed by atoms with E-state index in [1.54, 1.807) is 0 Å². The number of amides is 1. The van der Waals surface area contributed by atoms with E-state index in [9.17, 15) is 4.79 Å². The molecule has 1 fully saturated rings. The van der Waals surface area contributed by atoms with Crippen molar-refractivity contribution in [2.45, 2.75) is 39.0 Å². The molecule has 0 saturated carbocycles. The summed E-state index contributed by atoms with van der Waals surface area (Å²) in [6, 6.07) is 7.60. The second kappa shape index (κ2) is 11.0. The Morgan fingerprint density at radius 2 is 1.92 bits per heavy atom. The van der Waals surface area contributed by atoms with E-state index in [1.807, 2.05) is 24.3 Å². The number of benzene rings is 1.